The van der Waals surface area contributed by atoms with Crippen LogP contribution in [0.4, 0.5) is 21.0 Å². The smallest absolute Gasteiger partial charge is 0.408 e. The molecule has 4 aromatic carbocycles. The Morgan fingerprint density at radius 3 is 1.24 bits per heavy atom. The average molecular weight is 627 g/mol. The largest absolute Gasteiger partial charge is 0.444 e. The van der Waals surface area contributed by atoms with Gasteiger partial charge in [-0.05, 0) is 89.1 Å². The van der Waals surface area contributed by atoms with Crippen molar-refractivity contribution in [3.8, 4) is 11.1 Å². The highest BCUT2D eigenvalue weighted by atomic mass is 16.6. The molecule has 10 heteroatoms. The molecule has 0 heterocycles. The first-order chi connectivity index (χ1) is 21.5. The maximum atomic E-state index is 13.4. The van der Waals surface area contributed by atoms with Gasteiger partial charge in [0.25, 0.3) is 0 Å². The fourth-order valence-electron chi connectivity index (χ4n) is 4.87. The molecule has 4 aromatic rings. The molecule has 2 atom stereocenters. The third kappa shape index (κ3) is 8.53. The Balaban J connectivity index is 1.78. The van der Waals surface area contributed by atoms with Gasteiger partial charge in [-0.25, -0.2) is 9.59 Å². The van der Waals surface area contributed by atoms with E-state index in [1.165, 1.54) is 0 Å². The van der Waals surface area contributed by atoms with Crippen LogP contribution in [0.15, 0.2) is 72.8 Å². The molecule has 0 spiro atoms. The van der Waals surface area contributed by atoms with Crippen molar-refractivity contribution in [2.24, 2.45) is 0 Å². The second-order valence-electron chi connectivity index (χ2n) is 13.1. The maximum Gasteiger partial charge on any atom is 0.408 e. The SMILES string of the molecule is C[C@H](NC(=O)OC(C)(C)C)C(=O)Nc1ccc2ccccc2c1-c1c(NC(=O)[C@H](C)NC(=O)OC(C)(C)C)ccc2ccccc12. The molecule has 0 radical (unpaired) electrons. The summed E-state index contributed by atoms with van der Waals surface area (Å²) in [7, 11) is 0. The zero-order chi connectivity index (χ0) is 33.8. The molecular weight excluding hydrogens is 584 g/mol. The lowest BCUT2D eigenvalue weighted by atomic mass is 9.90. The molecule has 0 aliphatic rings. The van der Waals surface area contributed by atoms with Gasteiger partial charge in [-0.15, -0.1) is 0 Å². The fraction of sp³-hybridized carbons (Fsp3) is 0.333. The van der Waals surface area contributed by atoms with Crippen LogP contribution in [-0.2, 0) is 19.1 Å². The Labute approximate surface area is 269 Å². The fourth-order valence-corrected chi connectivity index (χ4v) is 4.87. The van der Waals surface area contributed by atoms with Crippen LogP contribution >= 0.6 is 0 Å². The van der Waals surface area contributed by atoms with Crippen LogP contribution in [-0.4, -0.2) is 47.3 Å². The van der Waals surface area contributed by atoms with Gasteiger partial charge in [0, 0.05) is 22.5 Å². The summed E-state index contributed by atoms with van der Waals surface area (Å²) in [6.45, 7) is 13.6. The molecule has 0 fully saturated rings. The van der Waals surface area contributed by atoms with Crippen molar-refractivity contribution in [2.45, 2.75) is 78.7 Å². The Morgan fingerprint density at radius 2 is 0.891 bits per heavy atom. The molecule has 4 rings (SSSR count). The van der Waals surface area contributed by atoms with E-state index in [1.54, 1.807) is 67.5 Å². The van der Waals surface area contributed by atoms with Gasteiger partial charge in [-0.1, -0.05) is 60.7 Å². The van der Waals surface area contributed by atoms with E-state index in [0.29, 0.717) is 22.5 Å². The molecule has 0 bridgehead atoms. The molecular formula is C36H42N4O6. The lowest BCUT2D eigenvalue weighted by Gasteiger charge is -2.24. The van der Waals surface area contributed by atoms with E-state index in [4.69, 9.17) is 9.47 Å². The van der Waals surface area contributed by atoms with E-state index in [2.05, 4.69) is 21.3 Å². The first-order valence-corrected chi connectivity index (χ1v) is 15.2. The van der Waals surface area contributed by atoms with Crippen LogP contribution in [0.25, 0.3) is 32.7 Å². The second kappa shape index (κ2) is 13.5. The molecule has 0 unspecified atom stereocenters. The molecule has 0 saturated heterocycles. The number of amides is 4. The molecule has 46 heavy (non-hydrogen) atoms. The predicted octanol–water partition coefficient (Wildman–Crippen LogP) is 7.36. The number of alkyl carbamates (subject to hydrolysis) is 2. The molecule has 0 aromatic heterocycles. The van der Waals surface area contributed by atoms with Gasteiger partial charge in [0.15, 0.2) is 0 Å². The number of ether oxygens (including phenoxy) is 2. The van der Waals surface area contributed by atoms with Crippen molar-refractivity contribution in [1.29, 1.82) is 0 Å². The van der Waals surface area contributed by atoms with Crippen molar-refractivity contribution in [3.63, 3.8) is 0 Å². The van der Waals surface area contributed by atoms with E-state index in [1.807, 2.05) is 60.7 Å². The van der Waals surface area contributed by atoms with Crippen LogP contribution in [0.3, 0.4) is 0 Å². The summed E-state index contributed by atoms with van der Waals surface area (Å²) < 4.78 is 10.6. The number of carbonyl (C=O) groups excluding carboxylic acids is 4. The monoisotopic (exact) mass is 626 g/mol. The summed E-state index contributed by atoms with van der Waals surface area (Å²) in [6, 6.07) is 21.0. The van der Waals surface area contributed by atoms with E-state index < -0.39 is 47.3 Å². The Hall–Kier alpha value is -5.12. The number of nitrogens with one attached hydrogen (secondary N) is 4. The summed E-state index contributed by atoms with van der Waals surface area (Å²) >= 11 is 0. The minimum absolute atomic E-state index is 0.455. The highest BCUT2D eigenvalue weighted by Gasteiger charge is 2.26. The molecule has 10 nitrogen and oxygen atoms in total. The Morgan fingerprint density at radius 1 is 0.543 bits per heavy atom. The third-order valence-corrected chi connectivity index (χ3v) is 6.88. The Bertz CT molecular complexity index is 1660. The van der Waals surface area contributed by atoms with Crippen LogP contribution in [0.2, 0.25) is 0 Å². The van der Waals surface area contributed by atoms with E-state index in [9.17, 15) is 19.2 Å². The topological polar surface area (TPSA) is 135 Å². The molecule has 242 valence electrons. The summed E-state index contributed by atoms with van der Waals surface area (Å²) in [4.78, 5) is 51.7. The van der Waals surface area contributed by atoms with Crippen LogP contribution < -0.4 is 21.3 Å². The number of rotatable bonds is 7. The van der Waals surface area contributed by atoms with Crippen molar-refractivity contribution in [1.82, 2.24) is 10.6 Å². The van der Waals surface area contributed by atoms with Gasteiger partial charge in [0.05, 0.1) is 0 Å². The van der Waals surface area contributed by atoms with Gasteiger partial charge in [0.1, 0.15) is 23.3 Å². The molecule has 4 N–H and O–H groups in total. The lowest BCUT2D eigenvalue weighted by molar-refractivity contribution is -0.118. The van der Waals surface area contributed by atoms with Gasteiger partial charge in [0.2, 0.25) is 11.8 Å². The predicted molar refractivity (Wildman–Crippen MR) is 182 cm³/mol. The summed E-state index contributed by atoms with van der Waals surface area (Å²) in [5.74, 6) is -0.910. The van der Waals surface area contributed by atoms with Crippen molar-refractivity contribution >= 4 is 56.9 Å². The van der Waals surface area contributed by atoms with Crippen LogP contribution in [0.1, 0.15) is 55.4 Å². The van der Waals surface area contributed by atoms with E-state index in [0.717, 1.165) is 21.5 Å². The molecule has 0 saturated carbocycles. The number of anilines is 2. The quantitative estimate of drug-likeness (QED) is 0.169. The Kier molecular flexibility index (Phi) is 9.89. The van der Waals surface area contributed by atoms with Crippen LogP contribution in [0.5, 0.6) is 0 Å². The summed E-state index contributed by atoms with van der Waals surface area (Å²) in [6.07, 6.45) is -1.41. The number of carbonyl (C=O) groups is 4. The van der Waals surface area contributed by atoms with Crippen LogP contribution in [0, 0.1) is 0 Å². The summed E-state index contributed by atoms with van der Waals surface area (Å²) in [5.41, 5.74) is 0.871. The highest BCUT2D eigenvalue weighted by Crippen LogP contribution is 2.43. The normalized spacial score (nSPS) is 13.0. The van der Waals surface area contributed by atoms with E-state index in [-0.39, 0.29) is 0 Å². The first-order valence-electron chi connectivity index (χ1n) is 15.2. The maximum absolute atomic E-state index is 13.4. The summed E-state index contributed by atoms with van der Waals surface area (Å²) in [5, 5.41) is 14.7. The minimum atomic E-state index is -0.916. The average Bonchev–Trinajstić information content (AvgIpc) is 2.95. The van der Waals surface area contributed by atoms with E-state index >= 15 is 0 Å². The van der Waals surface area contributed by atoms with Crippen molar-refractivity contribution < 1.29 is 28.7 Å². The molecule has 0 aliphatic carbocycles. The second-order valence-corrected chi connectivity index (χ2v) is 13.1. The van der Waals surface area contributed by atoms with Gasteiger partial charge < -0.3 is 30.7 Å². The highest BCUT2D eigenvalue weighted by molar-refractivity contribution is 6.17. The zero-order valence-corrected chi connectivity index (χ0v) is 27.5. The minimum Gasteiger partial charge on any atom is -0.444 e. The van der Waals surface area contributed by atoms with Crippen molar-refractivity contribution in [2.75, 3.05) is 10.6 Å². The van der Waals surface area contributed by atoms with Gasteiger partial charge in [-0.2, -0.15) is 0 Å². The van der Waals surface area contributed by atoms with Gasteiger partial charge >= 0.3 is 12.2 Å². The van der Waals surface area contributed by atoms with Crippen molar-refractivity contribution in [3.05, 3.63) is 72.8 Å². The lowest BCUT2D eigenvalue weighted by Crippen LogP contribution is -2.44. The third-order valence-electron chi connectivity index (χ3n) is 6.88. The van der Waals surface area contributed by atoms with Gasteiger partial charge in [-0.3, -0.25) is 9.59 Å². The molecule has 0 aliphatic heterocycles. The first kappa shape index (κ1) is 33.8. The number of hydrogen-bond acceptors (Lipinski definition) is 6. The zero-order valence-electron chi connectivity index (χ0n) is 27.5. The standard InChI is InChI=1S/C36H42N4O6/c1-21(37-33(43)45-35(3,4)5)31(41)39-27-19-17-23-13-9-11-15-25(23)29(27)30-26-16-12-10-14-24(26)18-20-28(30)40-32(42)22(2)38-34(44)46-36(6,7)8/h9-22H,1-8H3,(H,37,43)(H,38,44)(H,39,41)(H,40,42)/t21-,22-/m0/s1. The number of benzene rings is 4. The molecule has 4 amide bonds. The number of hydrogen-bond donors (Lipinski definition) is 4. The number of fused-ring (bicyclic) bond motifs is 2.